The van der Waals surface area contributed by atoms with Crippen molar-refractivity contribution < 1.29 is 28.4 Å². The SMILES string of the molecule is CC(=O)OCC1=C(C(=O)O)N2C(=O)[C@@H](CS)[C@H]2[S@](=O)C1. The van der Waals surface area contributed by atoms with Crippen LogP contribution in [0.3, 0.4) is 0 Å². The molecule has 2 aliphatic heterocycles. The highest BCUT2D eigenvalue weighted by atomic mass is 32.2. The maximum Gasteiger partial charge on any atom is 0.352 e. The summed E-state index contributed by atoms with van der Waals surface area (Å²) in [5, 5.41) is 8.60. The summed E-state index contributed by atoms with van der Waals surface area (Å²) in [6.45, 7) is 0.917. The third-order valence-corrected chi connectivity index (χ3v) is 5.27. The number of amides is 1. The number of hydrogen-bond acceptors (Lipinski definition) is 6. The number of carboxylic acid groups (broad SMARTS) is 1. The largest absolute Gasteiger partial charge is 0.477 e. The first-order valence-electron chi connectivity index (χ1n) is 5.78. The summed E-state index contributed by atoms with van der Waals surface area (Å²) in [6.07, 6.45) is 0. The number of nitrogens with zero attached hydrogens (tertiary/aromatic N) is 1. The number of aliphatic carboxylic acids is 1. The standard InChI is InChI=1S/C11H13NO6S2/c1-5(13)18-2-6-4-20(17)10-7(3-19)9(14)12(10)8(6)11(15)16/h7,10,19H,2-4H2,1H3,(H,15,16)/t7-,10-,20-/m1/s1. The van der Waals surface area contributed by atoms with Gasteiger partial charge in [0, 0.05) is 29.0 Å². The van der Waals surface area contributed by atoms with Crippen LogP contribution >= 0.6 is 12.6 Å². The minimum Gasteiger partial charge on any atom is -0.477 e. The van der Waals surface area contributed by atoms with Gasteiger partial charge in [-0.1, -0.05) is 0 Å². The van der Waals surface area contributed by atoms with Crippen LogP contribution in [-0.2, 0) is 29.9 Å². The van der Waals surface area contributed by atoms with Crippen molar-refractivity contribution in [1.82, 2.24) is 4.90 Å². The average molecular weight is 319 g/mol. The molecule has 1 saturated heterocycles. The van der Waals surface area contributed by atoms with E-state index < -0.39 is 39.9 Å². The molecule has 0 bridgehead atoms. The van der Waals surface area contributed by atoms with E-state index in [0.717, 1.165) is 4.90 Å². The maximum absolute atomic E-state index is 12.1. The number of thiol groups is 1. The van der Waals surface area contributed by atoms with Gasteiger partial charge < -0.3 is 9.84 Å². The summed E-state index contributed by atoms with van der Waals surface area (Å²) in [4.78, 5) is 35.1. The fourth-order valence-electron chi connectivity index (χ4n) is 2.28. The zero-order valence-electron chi connectivity index (χ0n) is 10.6. The number of carboxylic acids is 1. The van der Waals surface area contributed by atoms with Crippen molar-refractivity contribution in [2.45, 2.75) is 12.3 Å². The molecule has 2 aliphatic rings. The van der Waals surface area contributed by atoms with Crippen molar-refractivity contribution in [3.63, 3.8) is 0 Å². The summed E-state index contributed by atoms with van der Waals surface area (Å²) in [5.74, 6) is -2.59. The second-order valence-corrected chi connectivity index (χ2v) is 6.35. The maximum atomic E-state index is 12.1. The molecule has 7 nitrogen and oxygen atoms in total. The van der Waals surface area contributed by atoms with Crippen LogP contribution in [-0.4, -0.2) is 55.5 Å². The Morgan fingerprint density at radius 2 is 2.20 bits per heavy atom. The number of carbonyl (C=O) groups is 3. The molecule has 0 radical (unpaired) electrons. The first kappa shape index (κ1) is 15.0. The molecule has 20 heavy (non-hydrogen) atoms. The van der Waals surface area contributed by atoms with E-state index in [-0.39, 0.29) is 29.4 Å². The lowest BCUT2D eigenvalue weighted by Gasteiger charge is -2.48. The zero-order valence-corrected chi connectivity index (χ0v) is 12.3. The smallest absolute Gasteiger partial charge is 0.352 e. The summed E-state index contributed by atoms with van der Waals surface area (Å²) in [6, 6.07) is 0. The van der Waals surface area contributed by atoms with E-state index in [0.29, 0.717) is 0 Å². The van der Waals surface area contributed by atoms with Crippen LogP contribution in [0.25, 0.3) is 0 Å². The summed E-state index contributed by atoms with van der Waals surface area (Å²) in [5.41, 5.74) is -0.0351. The first-order chi connectivity index (χ1) is 9.38. The van der Waals surface area contributed by atoms with Gasteiger partial charge in [-0.05, 0) is 0 Å². The molecule has 0 saturated carbocycles. The zero-order chi connectivity index (χ0) is 15.0. The van der Waals surface area contributed by atoms with Crippen molar-refractivity contribution in [2.75, 3.05) is 18.1 Å². The van der Waals surface area contributed by atoms with Gasteiger partial charge in [0.2, 0.25) is 5.91 Å². The van der Waals surface area contributed by atoms with Crippen LogP contribution in [0.2, 0.25) is 0 Å². The fraction of sp³-hybridized carbons (Fsp3) is 0.545. The Morgan fingerprint density at radius 3 is 2.70 bits per heavy atom. The van der Waals surface area contributed by atoms with Gasteiger partial charge in [-0.2, -0.15) is 12.6 Å². The molecule has 0 aromatic rings. The molecule has 2 heterocycles. The monoisotopic (exact) mass is 319 g/mol. The molecular weight excluding hydrogens is 306 g/mol. The summed E-state index contributed by atoms with van der Waals surface area (Å²) >= 11 is 4.02. The highest BCUT2D eigenvalue weighted by Gasteiger charge is 2.55. The molecule has 110 valence electrons. The molecule has 1 fully saturated rings. The lowest BCUT2D eigenvalue weighted by Crippen LogP contribution is -2.66. The van der Waals surface area contributed by atoms with Gasteiger partial charge in [-0.3, -0.25) is 18.7 Å². The first-order valence-corrected chi connectivity index (χ1v) is 7.79. The highest BCUT2D eigenvalue weighted by Crippen LogP contribution is 2.39. The molecule has 0 unspecified atom stereocenters. The Labute approximate surface area is 122 Å². The predicted molar refractivity (Wildman–Crippen MR) is 72.3 cm³/mol. The van der Waals surface area contributed by atoms with Crippen molar-refractivity contribution in [1.29, 1.82) is 0 Å². The third-order valence-electron chi connectivity index (χ3n) is 3.16. The lowest BCUT2D eigenvalue weighted by atomic mass is 9.97. The topological polar surface area (TPSA) is 101 Å². The lowest BCUT2D eigenvalue weighted by molar-refractivity contribution is -0.151. The van der Waals surface area contributed by atoms with Crippen LogP contribution in [0.4, 0.5) is 0 Å². The van der Waals surface area contributed by atoms with Crippen LogP contribution in [0.5, 0.6) is 0 Å². The normalized spacial score (nSPS) is 28.8. The van der Waals surface area contributed by atoms with Gasteiger partial charge in [0.05, 0.1) is 11.7 Å². The predicted octanol–water partition coefficient (Wildman–Crippen LogP) is -0.635. The quantitative estimate of drug-likeness (QED) is 0.406. The van der Waals surface area contributed by atoms with Gasteiger partial charge in [0.1, 0.15) is 17.7 Å². The Kier molecular flexibility index (Phi) is 4.19. The number of hydrogen-bond donors (Lipinski definition) is 2. The van der Waals surface area contributed by atoms with Crippen LogP contribution in [0.15, 0.2) is 11.3 Å². The molecule has 0 aliphatic carbocycles. The molecule has 1 N–H and O–H groups in total. The van der Waals surface area contributed by atoms with E-state index in [9.17, 15) is 23.7 Å². The number of carbonyl (C=O) groups excluding carboxylic acids is 2. The molecule has 0 aromatic carbocycles. The molecule has 0 aromatic heterocycles. The van der Waals surface area contributed by atoms with E-state index in [1.54, 1.807) is 0 Å². The molecular formula is C11H13NO6S2. The molecule has 0 spiro atoms. The summed E-state index contributed by atoms with van der Waals surface area (Å²) in [7, 11) is -1.42. The Bertz CT molecular complexity index is 543. The highest BCUT2D eigenvalue weighted by molar-refractivity contribution is 7.86. The average Bonchev–Trinajstić information content (AvgIpc) is 2.36. The van der Waals surface area contributed by atoms with E-state index >= 15 is 0 Å². The third kappa shape index (κ3) is 2.35. The van der Waals surface area contributed by atoms with E-state index in [4.69, 9.17) is 4.74 Å². The molecule has 3 atom stereocenters. The van der Waals surface area contributed by atoms with Crippen LogP contribution in [0, 0.1) is 5.92 Å². The van der Waals surface area contributed by atoms with Crippen molar-refractivity contribution in [3.8, 4) is 0 Å². The molecule has 2 rings (SSSR count). The van der Waals surface area contributed by atoms with E-state index in [1.807, 2.05) is 0 Å². The molecule has 9 heteroatoms. The van der Waals surface area contributed by atoms with Crippen molar-refractivity contribution in [2.24, 2.45) is 5.92 Å². The minimum atomic E-state index is -1.42. The fourth-order valence-corrected chi connectivity index (χ4v) is 4.54. The number of fused-ring (bicyclic) bond motifs is 1. The number of β-lactam (4-membered cyclic amide) rings is 1. The second kappa shape index (κ2) is 5.57. The Morgan fingerprint density at radius 1 is 1.55 bits per heavy atom. The number of rotatable bonds is 4. The second-order valence-electron chi connectivity index (χ2n) is 4.45. The van der Waals surface area contributed by atoms with Gasteiger partial charge >= 0.3 is 11.9 Å². The summed E-state index contributed by atoms with van der Waals surface area (Å²) < 4.78 is 16.9. The minimum absolute atomic E-state index is 0.0202. The van der Waals surface area contributed by atoms with Crippen LogP contribution in [0.1, 0.15) is 6.92 Å². The number of esters is 1. The van der Waals surface area contributed by atoms with Gasteiger partial charge in [0.15, 0.2) is 0 Å². The molecule has 1 amide bonds. The van der Waals surface area contributed by atoms with E-state index in [2.05, 4.69) is 12.6 Å². The van der Waals surface area contributed by atoms with E-state index in [1.165, 1.54) is 6.92 Å². The van der Waals surface area contributed by atoms with Crippen LogP contribution < -0.4 is 0 Å². The van der Waals surface area contributed by atoms with Gasteiger partial charge in [-0.25, -0.2) is 4.79 Å². The Balaban J connectivity index is 2.35. The van der Waals surface area contributed by atoms with Gasteiger partial charge in [-0.15, -0.1) is 0 Å². The van der Waals surface area contributed by atoms with Crippen molar-refractivity contribution in [3.05, 3.63) is 11.3 Å². The number of ether oxygens (including phenoxy) is 1. The Hall–Kier alpha value is -1.35. The van der Waals surface area contributed by atoms with Crippen molar-refractivity contribution >= 4 is 41.3 Å². The van der Waals surface area contributed by atoms with Gasteiger partial charge in [0.25, 0.3) is 0 Å².